The second kappa shape index (κ2) is 7.79. The maximum atomic E-state index is 11.7. The van der Waals surface area contributed by atoms with Crippen LogP contribution in [-0.4, -0.2) is 24.1 Å². The highest BCUT2D eigenvalue weighted by Crippen LogP contribution is 2.36. The van der Waals surface area contributed by atoms with Crippen LogP contribution < -0.4 is 14.8 Å². The molecule has 2 aromatic carbocycles. The number of nitro groups is 1. The molecule has 0 saturated carbocycles. The Hall–Kier alpha value is -2.87. The zero-order chi connectivity index (χ0) is 19.6. The Morgan fingerprint density at radius 2 is 1.96 bits per heavy atom. The van der Waals surface area contributed by atoms with E-state index in [9.17, 15) is 10.1 Å². The van der Waals surface area contributed by atoms with E-state index in [4.69, 9.17) is 9.47 Å². The van der Waals surface area contributed by atoms with Crippen LogP contribution in [0.3, 0.4) is 0 Å². The molecule has 0 atom stereocenters. The minimum Gasteiger partial charge on any atom is -0.497 e. The lowest BCUT2D eigenvalue weighted by molar-refractivity contribution is -0.384. The van der Waals surface area contributed by atoms with Crippen LogP contribution in [0, 0.1) is 17.0 Å². The molecule has 3 aromatic rings. The maximum absolute atomic E-state index is 11.7. The lowest BCUT2D eigenvalue weighted by atomic mass is 10.1. The summed E-state index contributed by atoms with van der Waals surface area (Å²) in [6.07, 6.45) is 0. The van der Waals surface area contributed by atoms with Crippen LogP contribution in [-0.2, 0) is 6.54 Å². The van der Waals surface area contributed by atoms with E-state index in [1.54, 1.807) is 27.2 Å². The topological polar surface area (TPSA) is 86.5 Å². The SMILES string of the molecule is COc1ccc(CNc2c([N+](=O)[O-])c(C)nc3ccc(Br)cc23)c(OC)c1. The van der Waals surface area contributed by atoms with Crippen molar-refractivity contribution < 1.29 is 14.4 Å². The summed E-state index contributed by atoms with van der Waals surface area (Å²) in [5, 5.41) is 15.5. The Bertz CT molecular complexity index is 1020. The number of anilines is 1. The number of ether oxygens (including phenoxy) is 2. The molecule has 7 nitrogen and oxygen atoms in total. The fourth-order valence-corrected chi connectivity index (χ4v) is 3.29. The molecule has 0 unspecified atom stereocenters. The molecule has 3 rings (SSSR count). The quantitative estimate of drug-likeness (QED) is 0.443. The average molecular weight is 432 g/mol. The monoisotopic (exact) mass is 431 g/mol. The Kier molecular flexibility index (Phi) is 5.46. The molecule has 8 heteroatoms. The van der Waals surface area contributed by atoms with Crippen molar-refractivity contribution in [3.8, 4) is 11.5 Å². The van der Waals surface area contributed by atoms with Gasteiger partial charge in [-0.2, -0.15) is 0 Å². The highest BCUT2D eigenvalue weighted by atomic mass is 79.9. The number of nitrogens with one attached hydrogen (secondary N) is 1. The molecule has 1 heterocycles. The van der Waals surface area contributed by atoms with Crippen LogP contribution in [0.1, 0.15) is 11.3 Å². The van der Waals surface area contributed by atoms with Crippen molar-refractivity contribution in [1.29, 1.82) is 0 Å². The van der Waals surface area contributed by atoms with Crippen LogP contribution in [0.25, 0.3) is 10.9 Å². The number of pyridine rings is 1. The molecule has 0 amide bonds. The molecule has 0 aliphatic rings. The second-order valence-electron chi connectivity index (χ2n) is 5.87. The molecule has 0 aliphatic carbocycles. The summed E-state index contributed by atoms with van der Waals surface area (Å²) in [4.78, 5) is 15.6. The Labute approximate surface area is 164 Å². The normalized spacial score (nSPS) is 10.7. The van der Waals surface area contributed by atoms with E-state index in [2.05, 4.69) is 26.2 Å². The number of rotatable bonds is 6. The average Bonchev–Trinajstić information content (AvgIpc) is 2.65. The first kappa shape index (κ1) is 18.9. The van der Waals surface area contributed by atoms with Gasteiger partial charge in [0.05, 0.1) is 24.7 Å². The summed E-state index contributed by atoms with van der Waals surface area (Å²) < 4.78 is 11.4. The van der Waals surface area contributed by atoms with E-state index in [0.29, 0.717) is 40.3 Å². The molecule has 0 spiro atoms. The zero-order valence-electron chi connectivity index (χ0n) is 15.1. The number of hydrogen-bond donors (Lipinski definition) is 1. The summed E-state index contributed by atoms with van der Waals surface area (Å²) in [6.45, 7) is 1.98. The number of nitrogens with zero attached hydrogens (tertiary/aromatic N) is 2. The number of aromatic nitrogens is 1. The molecular weight excluding hydrogens is 414 g/mol. The van der Waals surface area contributed by atoms with Crippen molar-refractivity contribution in [2.75, 3.05) is 19.5 Å². The Morgan fingerprint density at radius 1 is 1.19 bits per heavy atom. The summed E-state index contributed by atoms with van der Waals surface area (Å²) >= 11 is 3.42. The van der Waals surface area contributed by atoms with Crippen molar-refractivity contribution in [3.63, 3.8) is 0 Å². The van der Waals surface area contributed by atoms with E-state index in [1.165, 1.54) is 0 Å². The molecule has 1 aromatic heterocycles. The van der Waals surface area contributed by atoms with Gasteiger partial charge in [-0.25, -0.2) is 4.98 Å². The minimum atomic E-state index is -0.406. The number of hydrogen-bond acceptors (Lipinski definition) is 6. The van der Waals surface area contributed by atoms with Crippen molar-refractivity contribution in [1.82, 2.24) is 4.98 Å². The van der Waals surface area contributed by atoms with Crippen LogP contribution in [0.15, 0.2) is 40.9 Å². The highest BCUT2D eigenvalue weighted by Gasteiger charge is 2.22. The molecule has 1 N–H and O–H groups in total. The summed E-state index contributed by atoms with van der Waals surface area (Å²) in [7, 11) is 3.16. The fourth-order valence-electron chi connectivity index (χ4n) is 2.93. The number of fused-ring (bicyclic) bond motifs is 1. The van der Waals surface area contributed by atoms with E-state index >= 15 is 0 Å². The number of halogens is 1. The van der Waals surface area contributed by atoms with Crippen molar-refractivity contribution in [2.24, 2.45) is 0 Å². The molecular formula is C19H18BrN3O4. The van der Waals surface area contributed by atoms with Gasteiger partial charge in [0.25, 0.3) is 0 Å². The predicted octanol–water partition coefficient (Wildman–Crippen LogP) is 4.84. The predicted molar refractivity (Wildman–Crippen MR) is 108 cm³/mol. The third kappa shape index (κ3) is 3.80. The standard InChI is InChI=1S/C19H18BrN3O4/c1-11-19(23(24)25)18(15-8-13(20)5-7-16(15)22-11)21-10-12-4-6-14(26-2)9-17(12)27-3/h4-9H,10H2,1-3H3,(H,21,22). The molecule has 0 bridgehead atoms. The van der Waals surface area contributed by atoms with Gasteiger partial charge in [-0.3, -0.25) is 10.1 Å². The Morgan fingerprint density at radius 3 is 2.63 bits per heavy atom. The van der Waals surface area contributed by atoms with Gasteiger partial charge < -0.3 is 14.8 Å². The number of aryl methyl sites for hydroxylation is 1. The number of benzene rings is 2. The molecule has 0 aliphatic heterocycles. The van der Waals surface area contributed by atoms with Gasteiger partial charge >= 0.3 is 5.69 Å². The summed E-state index contributed by atoms with van der Waals surface area (Å²) in [6, 6.07) is 11.0. The van der Waals surface area contributed by atoms with E-state index in [-0.39, 0.29) is 5.69 Å². The zero-order valence-corrected chi connectivity index (χ0v) is 16.7. The van der Waals surface area contributed by atoms with Crippen molar-refractivity contribution in [3.05, 3.63) is 62.2 Å². The van der Waals surface area contributed by atoms with Gasteiger partial charge in [0.2, 0.25) is 0 Å². The molecule has 27 heavy (non-hydrogen) atoms. The van der Waals surface area contributed by atoms with Gasteiger partial charge in [-0.05, 0) is 37.3 Å². The third-order valence-corrected chi connectivity index (χ3v) is 4.72. The van der Waals surface area contributed by atoms with Crippen molar-refractivity contribution in [2.45, 2.75) is 13.5 Å². The van der Waals surface area contributed by atoms with Crippen molar-refractivity contribution >= 4 is 38.2 Å². The maximum Gasteiger partial charge on any atom is 0.313 e. The minimum absolute atomic E-state index is 0.0342. The first-order valence-electron chi connectivity index (χ1n) is 8.13. The molecule has 0 fully saturated rings. The molecule has 0 saturated heterocycles. The second-order valence-corrected chi connectivity index (χ2v) is 6.79. The lowest BCUT2D eigenvalue weighted by Gasteiger charge is -2.14. The van der Waals surface area contributed by atoms with Gasteiger partial charge in [-0.1, -0.05) is 15.9 Å². The highest BCUT2D eigenvalue weighted by molar-refractivity contribution is 9.10. The first-order chi connectivity index (χ1) is 12.9. The Balaban J connectivity index is 2.07. The third-order valence-electron chi connectivity index (χ3n) is 4.23. The van der Waals surface area contributed by atoms with Crippen LogP contribution in [0.2, 0.25) is 0 Å². The van der Waals surface area contributed by atoms with Crippen LogP contribution >= 0.6 is 15.9 Å². The molecule has 140 valence electrons. The van der Waals surface area contributed by atoms with Gasteiger partial charge in [0.1, 0.15) is 22.9 Å². The lowest BCUT2D eigenvalue weighted by Crippen LogP contribution is -2.07. The largest absolute Gasteiger partial charge is 0.497 e. The van der Waals surface area contributed by atoms with E-state index < -0.39 is 4.92 Å². The van der Waals surface area contributed by atoms with Crippen LogP contribution in [0.5, 0.6) is 11.5 Å². The van der Waals surface area contributed by atoms with Gasteiger partial charge in [0, 0.05) is 28.0 Å². The molecule has 0 radical (unpaired) electrons. The van der Waals surface area contributed by atoms with Crippen LogP contribution in [0.4, 0.5) is 11.4 Å². The number of methoxy groups -OCH3 is 2. The fraction of sp³-hybridized carbons (Fsp3) is 0.211. The smallest absolute Gasteiger partial charge is 0.313 e. The summed E-state index contributed by atoms with van der Waals surface area (Å²) in [5.41, 5.74) is 2.30. The van der Waals surface area contributed by atoms with Gasteiger partial charge in [-0.15, -0.1) is 0 Å². The summed E-state index contributed by atoms with van der Waals surface area (Å²) in [5.74, 6) is 1.32. The van der Waals surface area contributed by atoms with Gasteiger partial charge in [0.15, 0.2) is 0 Å². The first-order valence-corrected chi connectivity index (χ1v) is 8.93. The van der Waals surface area contributed by atoms with E-state index in [0.717, 1.165) is 10.0 Å². The van der Waals surface area contributed by atoms with E-state index in [1.807, 2.05) is 30.3 Å².